The minimum Gasteiger partial charge on any atom is -0.303 e. The summed E-state index contributed by atoms with van der Waals surface area (Å²) in [5, 5.41) is 4.29. The summed E-state index contributed by atoms with van der Waals surface area (Å²) >= 11 is 6.10. The van der Waals surface area contributed by atoms with Crippen LogP contribution in [0.3, 0.4) is 0 Å². The fraction of sp³-hybridized carbons (Fsp3) is 0.250. The van der Waals surface area contributed by atoms with E-state index in [0.717, 1.165) is 17.0 Å². The third kappa shape index (κ3) is 2.51. The standard InChI is InChI=1S/C16H15ClFN/c1-10-8-12-2-5-13(17)9-15(12)16(19-10)11-3-6-14(18)7-4-11/h2-7,9-10,16,19H,8H2,1H3. The van der Waals surface area contributed by atoms with Crippen LogP contribution in [0.15, 0.2) is 42.5 Å². The van der Waals surface area contributed by atoms with Crippen LogP contribution in [0.4, 0.5) is 4.39 Å². The summed E-state index contributed by atoms with van der Waals surface area (Å²) in [5.74, 6) is -0.209. The molecule has 19 heavy (non-hydrogen) atoms. The second kappa shape index (κ2) is 4.95. The van der Waals surface area contributed by atoms with Crippen LogP contribution in [0.25, 0.3) is 0 Å². The number of hydrogen-bond donors (Lipinski definition) is 1. The van der Waals surface area contributed by atoms with Crippen molar-refractivity contribution in [1.82, 2.24) is 5.32 Å². The lowest BCUT2D eigenvalue weighted by atomic mass is 9.87. The van der Waals surface area contributed by atoms with Crippen molar-refractivity contribution in [2.24, 2.45) is 0 Å². The molecule has 1 N–H and O–H groups in total. The van der Waals surface area contributed by atoms with E-state index in [1.54, 1.807) is 0 Å². The van der Waals surface area contributed by atoms with E-state index in [4.69, 9.17) is 11.6 Å². The molecule has 0 radical (unpaired) electrons. The molecular weight excluding hydrogens is 261 g/mol. The van der Waals surface area contributed by atoms with Crippen LogP contribution < -0.4 is 5.32 Å². The summed E-state index contributed by atoms with van der Waals surface area (Å²) in [6, 6.07) is 13.2. The van der Waals surface area contributed by atoms with Gasteiger partial charge in [-0.25, -0.2) is 4.39 Å². The molecule has 2 unspecified atom stereocenters. The summed E-state index contributed by atoms with van der Waals surface area (Å²) < 4.78 is 13.0. The fourth-order valence-electron chi connectivity index (χ4n) is 2.71. The predicted octanol–water partition coefficient (Wildman–Crippen LogP) is 4.10. The van der Waals surface area contributed by atoms with Crippen LogP contribution in [0.2, 0.25) is 5.02 Å². The molecule has 1 aliphatic heterocycles. The lowest BCUT2D eigenvalue weighted by Gasteiger charge is -2.32. The summed E-state index contributed by atoms with van der Waals surface area (Å²) in [4.78, 5) is 0. The maximum atomic E-state index is 13.0. The van der Waals surface area contributed by atoms with Gasteiger partial charge in [0.2, 0.25) is 0 Å². The highest BCUT2D eigenvalue weighted by atomic mass is 35.5. The van der Waals surface area contributed by atoms with E-state index in [-0.39, 0.29) is 11.9 Å². The smallest absolute Gasteiger partial charge is 0.123 e. The number of rotatable bonds is 1. The zero-order chi connectivity index (χ0) is 13.4. The Bertz CT molecular complexity index is 594. The van der Waals surface area contributed by atoms with Crippen molar-refractivity contribution in [2.45, 2.75) is 25.4 Å². The van der Waals surface area contributed by atoms with E-state index in [1.165, 1.54) is 23.3 Å². The Balaban J connectivity index is 2.07. The molecule has 0 saturated heterocycles. The van der Waals surface area contributed by atoms with Crippen LogP contribution in [-0.2, 0) is 6.42 Å². The lowest BCUT2D eigenvalue weighted by Crippen LogP contribution is -2.37. The molecule has 2 atom stereocenters. The average molecular weight is 276 g/mol. The third-order valence-electron chi connectivity index (χ3n) is 3.60. The first-order chi connectivity index (χ1) is 9.13. The SMILES string of the molecule is CC1Cc2ccc(Cl)cc2C(c2ccc(F)cc2)N1. The van der Waals surface area contributed by atoms with Crippen LogP contribution in [0, 0.1) is 5.82 Å². The van der Waals surface area contributed by atoms with Gasteiger partial charge >= 0.3 is 0 Å². The van der Waals surface area contributed by atoms with Gasteiger partial charge in [-0.1, -0.05) is 29.8 Å². The first-order valence-electron chi connectivity index (χ1n) is 6.43. The third-order valence-corrected chi connectivity index (χ3v) is 3.83. The number of fused-ring (bicyclic) bond motifs is 1. The number of benzene rings is 2. The lowest BCUT2D eigenvalue weighted by molar-refractivity contribution is 0.464. The van der Waals surface area contributed by atoms with Crippen LogP contribution in [0.1, 0.15) is 29.7 Å². The van der Waals surface area contributed by atoms with Gasteiger partial charge in [0.15, 0.2) is 0 Å². The Morgan fingerprint density at radius 3 is 2.63 bits per heavy atom. The zero-order valence-electron chi connectivity index (χ0n) is 10.7. The molecular formula is C16H15ClFN. The van der Waals surface area contributed by atoms with Crippen molar-refractivity contribution in [2.75, 3.05) is 0 Å². The Labute approximate surface area is 117 Å². The first kappa shape index (κ1) is 12.6. The van der Waals surface area contributed by atoms with E-state index in [1.807, 2.05) is 24.3 Å². The van der Waals surface area contributed by atoms with Gasteiger partial charge in [0.05, 0.1) is 6.04 Å². The van der Waals surface area contributed by atoms with E-state index >= 15 is 0 Å². The molecule has 0 bridgehead atoms. The molecule has 0 aromatic heterocycles. The molecule has 1 aliphatic rings. The molecule has 0 saturated carbocycles. The van der Waals surface area contributed by atoms with Crippen molar-refractivity contribution in [1.29, 1.82) is 0 Å². The van der Waals surface area contributed by atoms with E-state index in [2.05, 4.69) is 18.3 Å². The van der Waals surface area contributed by atoms with Gasteiger partial charge in [-0.05, 0) is 54.3 Å². The number of nitrogens with one attached hydrogen (secondary N) is 1. The Hall–Kier alpha value is -1.38. The minimum absolute atomic E-state index is 0.0815. The first-order valence-corrected chi connectivity index (χ1v) is 6.81. The maximum absolute atomic E-state index is 13.0. The van der Waals surface area contributed by atoms with Gasteiger partial charge in [-0.2, -0.15) is 0 Å². The quantitative estimate of drug-likeness (QED) is 0.826. The molecule has 2 aromatic carbocycles. The van der Waals surface area contributed by atoms with Crippen molar-refractivity contribution in [3.05, 3.63) is 70.0 Å². The van der Waals surface area contributed by atoms with Crippen LogP contribution in [0.5, 0.6) is 0 Å². The molecule has 98 valence electrons. The van der Waals surface area contributed by atoms with Gasteiger partial charge in [0.25, 0.3) is 0 Å². The van der Waals surface area contributed by atoms with Gasteiger partial charge in [0.1, 0.15) is 5.82 Å². The largest absolute Gasteiger partial charge is 0.303 e. The summed E-state index contributed by atoms with van der Waals surface area (Å²) in [5.41, 5.74) is 3.57. The highest BCUT2D eigenvalue weighted by Crippen LogP contribution is 2.32. The highest BCUT2D eigenvalue weighted by molar-refractivity contribution is 6.30. The second-order valence-corrected chi connectivity index (χ2v) is 5.54. The molecule has 3 rings (SSSR count). The topological polar surface area (TPSA) is 12.0 Å². The van der Waals surface area contributed by atoms with Crippen molar-refractivity contribution < 1.29 is 4.39 Å². The van der Waals surface area contributed by atoms with Gasteiger partial charge in [-0.3, -0.25) is 0 Å². The second-order valence-electron chi connectivity index (χ2n) is 5.10. The summed E-state index contributed by atoms with van der Waals surface area (Å²) in [6.45, 7) is 2.16. The zero-order valence-corrected chi connectivity index (χ0v) is 11.4. The Morgan fingerprint density at radius 2 is 1.89 bits per heavy atom. The minimum atomic E-state index is -0.209. The molecule has 2 aromatic rings. The van der Waals surface area contributed by atoms with Crippen molar-refractivity contribution in [3.63, 3.8) is 0 Å². The monoisotopic (exact) mass is 275 g/mol. The molecule has 0 spiro atoms. The highest BCUT2D eigenvalue weighted by Gasteiger charge is 2.25. The van der Waals surface area contributed by atoms with Crippen molar-refractivity contribution in [3.8, 4) is 0 Å². The summed E-state index contributed by atoms with van der Waals surface area (Å²) in [7, 11) is 0. The Kier molecular flexibility index (Phi) is 3.29. The molecule has 0 fully saturated rings. The molecule has 0 amide bonds. The van der Waals surface area contributed by atoms with Gasteiger partial charge in [0, 0.05) is 11.1 Å². The van der Waals surface area contributed by atoms with E-state index < -0.39 is 0 Å². The molecule has 3 heteroatoms. The predicted molar refractivity (Wildman–Crippen MR) is 76.0 cm³/mol. The average Bonchev–Trinajstić information content (AvgIpc) is 2.39. The number of halogens is 2. The van der Waals surface area contributed by atoms with Crippen molar-refractivity contribution >= 4 is 11.6 Å². The molecule has 1 nitrogen and oxygen atoms in total. The van der Waals surface area contributed by atoms with Gasteiger partial charge in [-0.15, -0.1) is 0 Å². The molecule has 1 heterocycles. The normalized spacial score (nSPS) is 22.1. The Morgan fingerprint density at radius 1 is 1.16 bits per heavy atom. The summed E-state index contributed by atoms with van der Waals surface area (Å²) in [6.07, 6.45) is 0.990. The van der Waals surface area contributed by atoms with Crippen LogP contribution >= 0.6 is 11.6 Å². The number of hydrogen-bond acceptors (Lipinski definition) is 1. The molecule has 0 aliphatic carbocycles. The van der Waals surface area contributed by atoms with E-state index in [9.17, 15) is 4.39 Å². The fourth-order valence-corrected chi connectivity index (χ4v) is 2.90. The van der Waals surface area contributed by atoms with Gasteiger partial charge < -0.3 is 5.32 Å². The maximum Gasteiger partial charge on any atom is 0.123 e. The van der Waals surface area contributed by atoms with Crippen LogP contribution in [-0.4, -0.2) is 6.04 Å². The van der Waals surface area contributed by atoms with E-state index in [0.29, 0.717) is 6.04 Å².